The summed E-state index contributed by atoms with van der Waals surface area (Å²) in [6.45, 7) is 7.64. The lowest BCUT2D eigenvalue weighted by Crippen LogP contribution is -2.41. The van der Waals surface area contributed by atoms with Crippen molar-refractivity contribution >= 4 is 17.7 Å². The summed E-state index contributed by atoms with van der Waals surface area (Å²) in [4.78, 5) is 27.7. The molecule has 2 aliphatic carbocycles. The highest BCUT2D eigenvalue weighted by molar-refractivity contribution is 5.72. The first-order valence-electron chi connectivity index (χ1n) is 18.2. The van der Waals surface area contributed by atoms with Crippen molar-refractivity contribution in [1.82, 2.24) is 24.6 Å². The van der Waals surface area contributed by atoms with E-state index in [9.17, 15) is 9.18 Å². The maximum atomic E-state index is 14.3. The summed E-state index contributed by atoms with van der Waals surface area (Å²) < 4.78 is 21.2. The Kier molecular flexibility index (Phi) is 11.0. The smallest absolute Gasteiger partial charge is 0.308 e. The van der Waals surface area contributed by atoms with Crippen molar-refractivity contribution in [2.75, 3.05) is 44.0 Å². The third-order valence-electron chi connectivity index (χ3n) is 11.3. The van der Waals surface area contributed by atoms with Crippen molar-refractivity contribution in [1.29, 1.82) is 0 Å². The van der Waals surface area contributed by atoms with Gasteiger partial charge in [-0.05, 0) is 106 Å². The normalized spacial score (nSPS) is 24.4. The van der Waals surface area contributed by atoms with Gasteiger partial charge in [0.1, 0.15) is 11.6 Å². The number of hydrogen-bond donors (Lipinski definition) is 1. The highest BCUT2D eigenvalue weighted by Crippen LogP contribution is 2.39. The molecule has 2 fully saturated rings. The summed E-state index contributed by atoms with van der Waals surface area (Å²) in [6.07, 6.45) is 13.8. The van der Waals surface area contributed by atoms with Crippen molar-refractivity contribution in [2.24, 2.45) is 24.8 Å². The molecule has 1 aliphatic heterocycles. The largest absolute Gasteiger partial charge is 0.469 e. The lowest BCUT2D eigenvalue weighted by atomic mass is 9.77. The minimum atomic E-state index is -0.191. The van der Waals surface area contributed by atoms with Gasteiger partial charge in [0.25, 0.3) is 0 Å². The maximum Gasteiger partial charge on any atom is 0.308 e. The third kappa shape index (κ3) is 7.85. The molecule has 1 N–H and O–H groups in total. The van der Waals surface area contributed by atoms with Crippen LogP contribution in [0.2, 0.25) is 0 Å². The van der Waals surface area contributed by atoms with E-state index in [4.69, 9.17) is 14.7 Å². The topological polar surface area (TPSA) is 88.4 Å². The fraction of sp³-hybridized carbons (Fsp3) is 0.632. The van der Waals surface area contributed by atoms with E-state index in [2.05, 4.69) is 47.3 Å². The number of hydrogen-bond acceptors (Lipinski definition) is 8. The molecule has 1 aromatic carbocycles. The number of nitrogens with zero attached hydrogens (tertiary/aromatic N) is 6. The number of aryl methyl sites for hydroxylation is 2. The van der Waals surface area contributed by atoms with E-state index in [1.165, 1.54) is 26.0 Å². The predicted octanol–water partition coefficient (Wildman–Crippen LogP) is 6.70. The predicted molar refractivity (Wildman–Crippen MR) is 188 cm³/mol. The average molecular weight is 660 g/mol. The number of carbonyl (C=O) groups is 1. The zero-order valence-corrected chi connectivity index (χ0v) is 29.5. The van der Waals surface area contributed by atoms with Crippen molar-refractivity contribution in [3.63, 3.8) is 0 Å². The van der Waals surface area contributed by atoms with Crippen molar-refractivity contribution in [3.05, 3.63) is 64.9 Å². The number of esters is 1. The molecule has 6 rings (SSSR count). The van der Waals surface area contributed by atoms with Crippen LogP contribution in [0.4, 0.5) is 16.2 Å². The molecule has 0 bridgehead atoms. The maximum absolute atomic E-state index is 14.3. The van der Waals surface area contributed by atoms with Crippen LogP contribution in [0.25, 0.3) is 0 Å². The average Bonchev–Trinajstić information content (AvgIpc) is 3.54. The van der Waals surface area contributed by atoms with Crippen LogP contribution < -0.4 is 10.2 Å². The number of nitrogens with one attached hydrogen (secondary N) is 1. The van der Waals surface area contributed by atoms with Crippen LogP contribution in [0.1, 0.15) is 99.6 Å². The zero-order chi connectivity index (χ0) is 33.8. The lowest BCUT2D eigenvalue weighted by Gasteiger charge is -2.38. The Bertz CT molecular complexity index is 1540. The summed E-state index contributed by atoms with van der Waals surface area (Å²) in [6, 6.07) is 7.34. The van der Waals surface area contributed by atoms with Crippen LogP contribution in [-0.2, 0) is 29.4 Å². The van der Waals surface area contributed by atoms with Crippen LogP contribution in [0.15, 0.2) is 36.7 Å². The number of aromatic nitrogens is 4. The molecular weight excluding hydrogens is 605 g/mol. The number of methoxy groups -OCH3 is 1. The van der Waals surface area contributed by atoms with E-state index in [-0.39, 0.29) is 35.7 Å². The van der Waals surface area contributed by atoms with Crippen LogP contribution >= 0.6 is 0 Å². The van der Waals surface area contributed by atoms with Gasteiger partial charge in [-0.2, -0.15) is 10.1 Å². The number of fused-ring (bicyclic) bond motifs is 1. The molecule has 0 radical (unpaired) electrons. The molecule has 3 heterocycles. The molecule has 3 aromatic rings. The van der Waals surface area contributed by atoms with Gasteiger partial charge < -0.3 is 19.9 Å². The summed E-state index contributed by atoms with van der Waals surface area (Å²) >= 11 is 0. The number of benzene rings is 1. The number of halogens is 1. The van der Waals surface area contributed by atoms with E-state index in [0.29, 0.717) is 11.8 Å². The fourth-order valence-electron chi connectivity index (χ4n) is 8.63. The first kappa shape index (κ1) is 34.3. The molecule has 0 unspecified atom stereocenters. The number of rotatable bonds is 11. The number of likely N-dealkylation sites (tertiary alicyclic amines) is 1. The monoisotopic (exact) mass is 659 g/mol. The highest BCUT2D eigenvalue weighted by atomic mass is 19.1. The Labute approximate surface area is 285 Å². The van der Waals surface area contributed by atoms with E-state index in [1.54, 1.807) is 6.07 Å². The van der Waals surface area contributed by atoms with Gasteiger partial charge in [-0.3, -0.25) is 9.48 Å². The van der Waals surface area contributed by atoms with Crippen LogP contribution in [-0.4, -0.2) is 70.5 Å². The molecule has 260 valence electrons. The van der Waals surface area contributed by atoms with Gasteiger partial charge in [0.2, 0.25) is 5.95 Å². The summed E-state index contributed by atoms with van der Waals surface area (Å²) in [5.41, 5.74) is 4.40. The number of carbonyl (C=O) groups excluding carboxylic acids is 1. The van der Waals surface area contributed by atoms with E-state index in [0.717, 1.165) is 105 Å². The molecule has 1 saturated carbocycles. The van der Waals surface area contributed by atoms with Crippen LogP contribution in [0, 0.1) is 23.6 Å². The molecule has 0 amide bonds. The van der Waals surface area contributed by atoms with Crippen molar-refractivity contribution in [2.45, 2.75) is 96.1 Å². The molecule has 9 nitrogen and oxygen atoms in total. The first-order chi connectivity index (χ1) is 23.2. The molecule has 2 aromatic heterocycles. The second-order valence-corrected chi connectivity index (χ2v) is 14.7. The lowest BCUT2D eigenvalue weighted by molar-refractivity contribution is -0.146. The van der Waals surface area contributed by atoms with Gasteiger partial charge in [-0.25, -0.2) is 9.37 Å². The third-order valence-corrected chi connectivity index (χ3v) is 11.3. The van der Waals surface area contributed by atoms with Crippen molar-refractivity contribution in [3.8, 4) is 0 Å². The second-order valence-electron chi connectivity index (χ2n) is 14.7. The van der Waals surface area contributed by atoms with Crippen LogP contribution in [0.3, 0.4) is 0 Å². The van der Waals surface area contributed by atoms with E-state index < -0.39 is 0 Å². The van der Waals surface area contributed by atoms with Gasteiger partial charge in [-0.15, -0.1) is 0 Å². The quantitative estimate of drug-likeness (QED) is 0.228. The molecule has 48 heavy (non-hydrogen) atoms. The van der Waals surface area contributed by atoms with E-state index >= 15 is 0 Å². The fourth-order valence-corrected chi connectivity index (χ4v) is 8.63. The standard InChI is InChI=1S/C38H54FN7O2/c1-6-35(26-12-14-27(15-13-26)37(47)48-5)45(4)38-42-33-17-16-29(28-10-7-11-31(39)19-28)20-32(33)36(43-38)41-34(30-21-40-44(3)23-30)24-46-18-8-9-25(2)22-46/h7,10-11,19,21,23,25-27,29,34-35H,6,8-9,12-18,20,22,24H2,1-5H3,(H,41,42,43)/t25-,26?,27?,29+,34-,35+/m0/s1. The molecule has 1 saturated heterocycles. The van der Waals surface area contributed by atoms with Gasteiger partial charge in [-0.1, -0.05) is 26.0 Å². The Morgan fingerprint density at radius 2 is 1.98 bits per heavy atom. The second kappa shape index (κ2) is 15.3. The SMILES string of the molecule is CC[C@H](C1CCC(C(=O)OC)CC1)N(C)c1nc2c(c(N[C@@H](CN3CCC[C@H](C)C3)c3cnn(C)c3)n1)C[C@H](c1cccc(F)c1)CC2. The summed E-state index contributed by atoms with van der Waals surface area (Å²) in [5, 5.41) is 8.48. The van der Waals surface area contributed by atoms with Gasteiger partial charge >= 0.3 is 5.97 Å². The molecule has 4 atom stereocenters. The Morgan fingerprint density at radius 1 is 1.17 bits per heavy atom. The molecule has 0 spiro atoms. The van der Waals surface area contributed by atoms with Gasteiger partial charge in [0.15, 0.2) is 0 Å². The van der Waals surface area contributed by atoms with Crippen LogP contribution in [0.5, 0.6) is 0 Å². The summed E-state index contributed by atoms with van der Waals surface area (Å²) in [5.74, 6) is 2.70. The number of anilines is 2. The number of ether oxygens (including phenoxy) is 1. The molecular formula is C38H54FN7O2. The minimum Gasteiger partial charge on any atom is -0.469 e. The Morgan fingerprint density at radius 3 is 2.67 bits per heavy atom. The Hall–Kier alpha value is -3.53. The highest BCUT2D eigenvalue weighted by Gasteiger charge is 2.34. The zero-order valence-electron chi connectivity index (χ0n) is 29.5. The van der Waals surface area contributed by atoms with Crippen molar-refractivity contribution < 1.29 is 13.9 Å². The molecule has 10 heteroatoms. The van der Waals surface area contributed by atoms with Gasteiger partial charge in [0.05, 0.1) is 31.0 Å². The first-order valence-corrected chi connectivity index (χ1v) is 18.2. The van der Waals surface area contributed by atoms with E-state index in [1.807, 2.05) is 30.1 Å². The summed E-state index contributed by atoms with van der Waals surface area (Å²) in [7, 11) is 5.59. The Balaban J connectivity index is 1.32. The molecule has 3 aliphatic rings. The number of piperidine rings is 1. The minimum absolute atomic E-state index is 0.00296. The van der Waals surface area contributed by atoms with Gasteiger partial charge in [0, 0.05) is 50.6 Å².